The first-order valence-electron chi connectivity index (χ1n) is 10.2. The van der Waals surface area contributed by atoms with Gasteiger partial charge in [-0.25, -0.2) is 0 Å². The van der Waals surface area contributed by atoms with Gasteiger partial charge in [0, 0.05) is 42.7 Å². The zero-order valence-corrected chi connectivity index (χ0v) is 22.0. The predicted molar refractivity (Wildman–Crippen MR) is 120 cm³/mol. The molecule has 0 unspecified atom stereocenters. The first kappa shape index (κ1) is 25.2. The summed E-state index contributed by atoms with van der Waals surface area (Å²) in [6.07, 6.45) is 11.4. The van der Waals surface area contributed by atoms with Crippen molar-refractivity contribution < 1.29 is 26.6 Å². The molecule has 10 heteroatoms. The van der Waals surface area contributed by atoms with Crippen molar-refractivity contribution in [3.8, 4) is 0 Å². The van der Waals surface area contributed by atoms with Crippen molar-refractivity contribution in [3.63, 3.8) is 0 Å². The average Bonchev–Trinajstić information content (AvgIpc) is 2.77. The van der Waals surface area contributed by atoms with E-state index in [-0.39, 0.29) is 8.74 Å². The molecule has 2 saturated carbocycles. The van der Waals surface area contributed by atoms with Crippen LogP contribution in [-0.4, -0.2) is 69.0 Å². The van der Waals surface area contributed by atoms with Gasteiger partial charge in [0.2, 0.25) is 0 Å². The SMILES string of the molecule is CO[Si](OC)(OC)C1(SSC2([Si](OC)(OC)OC)CCCCC2)CCCCC1. The first-order chi connectivity index (χ1) is 13.5. The monoisotopic (exact) mass is 470 g/mol. The summed E-state index contributed by atoms with van der Waals surface area (Å²) in [5.41, 5.74) is 0. The van der Waals surface area contributed by atoms with E-state index in [4.69, 9.17) is 26.6 Å². The molecule has 0 aromatic heterocycles. The van der Waals surface area contributed by atoms with E-state index in [0.717, 1.165) is 25.7 Å². The molecule has 2 aliphatic carbocycles. The van der Waals surface area contributed by atoms with Gasteiger partial charge < -0.3 is 26.6 Å². The van der Waals surface area contributed by atoms with Gasteiger partial charge in [0.25, 0.3) is 0 Å². The molecule has 2 fully saturated rings. The van der Waals surface area contributed by atoms with Crippen molar-refractivity contribution in [2.75, 3.05) is 42.7 Å². The fourth-order valence-corrected chi connectivity index (χ4v) is 18.2. The largest absolute Gasteiger partial charge is 0.518 e. The Morgan fingerprint density at radius 1 is 0.464 bits per heavy atom. The fourth-order valence-electron chi connectivity index (χ4n) is 4.90. The summed E-state index contributed by atoms with van der Waals surface area (Å²) in [4.78, 5) is 0. The molecule has 0 N–H and O–H groups in total. The van der Waals surface area contributed by atoms with Gasteiger partial charge in [-0.05, 0) is 25.7 Å². The van der Waals surface area contributed by atoms with E-state index in [1.807, 2.05) is 21.6 Å². The molecule has 166 valence electrons. The molecule has 0 aromatic rings. The minimum absolute atomic E-state index is 0.159. The van der Waals surface area contributed by atoms with Crippen molar-refractivity contribution in [1.29, 1.82) is 0 Å². The second-order valence-electron chi connectivity index (χ2n) is 7.61. The summed E-state index contributed by atoms with van der Waals surface area (Å²) >= 11 is 0. The van der Waals surface area contributed by atoms with Gasteiger partial charge in [0.05, 0.1) is 8.74 Å². The fraction of sp³-hybridized carbons (Fsp3) is 1.00. The Bertz CT molecular complexity index is 406. The van der Waals surface area contributed by atoms with Crippen LogP contribution >= 0.6 is 21.6 Å². The highest BCUT2D eigenvalue weighted by Gasteiger charge is 2.65. The van der Waals surface area contributed by atoms with Gasteiger partial charge in [-0.15, -0.1) is 0 Å². The van der Waals surface area contributed by atoms with E-state index in [2.05, 4.69) is 0 Å². The van der Waals surface area contributed by atoms with Crippen molar-refractivity contribution in [2.45, 2.75) is 72.9 Å². The van der Waals surface area contributed by atoms with E-state index in [1.54, 1.807) is 42.7 Å². The predicted octanol–water partition coefficient (Wildman–Crippen LogP) is 4.61. The van der Waals surface area contributed by atoms with E-state index in [1.165, 1.54) is 38.5 Å². The lowest BCUT2D eigenvalue weighted by atomic mass is 9.99. The lowest BCUT2D eigenvalue weighted by molar-refractivity contribution is 0.0987. The molecule has 0 amide bonds. The Morgan fingerprint density at radius 3 is 0.929 bits per heavy atom. The van der Waals surface area contributed by atoms with E-state index >= 15 is 0 Å². The third kappa shape index (κ3) is 4.42. The maximum Gasteiger partial charge on any atom is 0.518 e. The summed E-state index contributed by atoms with van der Waals surface area (Å²) in [6.45, 7) is 0. The molecule has 0 spiro atoms. The minimum atomic E-state index is -2.84. The van der Waals surface area contributed by atoms with E-state index in [9.17, 15) is 0 Å². The maximum atomic E-state index is 5.99. The Kier molecular flexibility index (Phi) is 9.85. The third-order valence-electron chi connectivity index (χ3n) is 6.41. The van der Waals surface area contributed by atoms with Crippen molar-refractivity contribution >= 4 is 39.2 Å². The van der Waals surface area contributed by atoms with Gasteiger partial charge in [-0.2, -0.15) is 0 Å². The summed E-state index contributed by atoms with van der Waals surface area (Å²) in [6, 6.07) is 0. The van der Waals surface area contributed by atoms with Crippen molar-refractivity contribution in [3.05, 3.63) is 0 Å². The molecule has 28 heavy (non-hydrogen) atoms. The highest BCUT2D eigenvalue weighted by molar-refractivity contribution is 8.78. The van der Waals surface area contributed by atoms with Crippen LogP contribution in [0.15, 0.2) is 0 Å². The van der Waals surface area contributed by atoms with Gasteiger partial charge in [0.1, 0.15) is 0 Å². The average molecular weight is 471 g/mol. The quantitative estimate of drug-likeness (QED) is 0.320. The molecule has 0 radical (unpaired) electrons. The first-order valence-corrected chi connectivity index (χ1v) is 15.8. The molecule has 0 aliphatic heterocycles. The third-order valence-corrected chi connectivity index (χ3v) is 19.6. The lowest BCUT2D eigenvalue weighted by Crippen LogP contribution is -2.64. The molecule has 6 nitrogen and oxygen atoms in total. The van der Waals surface area contributed by atoms with Gasteiger partial charge in [-0.3, -0.25) is 0 Å². The van der Waals surface area contributed by atoms with Gasteiger partial charge in [0.15, 0.2) is 0 Å². The zero-order chi connectivity index (χ0) is 20.7. The van der Waals surface area contributed by atoms with Crippen LogP contribution < -0.4 is 0 Å². The zero-order valence-electron chi connectivity index (χ0n) is 18.3. The summed E-state index contributed by atoms with van der Waals surface area (Å²) in [5, 5.41) is 0. The smallest absolute Gasteiger partial charge is 0.376 e. The van der Waals surface area contributed by atoms with Crippen LogP contribution in [-0.2, 0) is 26.6 Å². The highest BCUT2D eigenvalue weighted by atomic mass is 33.1. The molecule has 0 atom stereocenters. The molecule has 2 rings (SSSR count). The molecule has 0 aromatic carbocycles. The molecule has 2 aliphatic rings. The Labute approximate surface area is 181 Å². The summed E-state index contributed by atoms with van der Waals surface area (Å²) in [7, 11) is 8.52. The highest BCUT2D eigenvalue weighted by Crippen LogP contribution is 2.59. The summed E-state index contributed by atoms with van der Waals surface area (Å²) in [5.74, 6) is 0. The van der Waals surface area contributed by atoms with Crippen LogP contribution in [0.25, 0.3) is 0 Å². The van der Waals surface area contributed by atoms with Gasteiger partial charge in [-0.1, -0.05) is 60.1 Å². The summed E-state index contributed by atoms with van der Waals surface area (Å²) < 4.78 is 35.6. The lowest BCUT2D eigenvalue weighted by Gasteiger charge is -2.49. The molecule has 0 heterocycles. The van der Waals surface area contributed by atoms with Crippen LogP contribution in [0.1, 0.15) is 64.2 Å². The molecule has 0 saturated heterocycles. The maximum absolute atomic E-state index is 5.99. The number of hydrogen-bond donors (Lipinski definition) is 0. The van der Waals surface area contributed by atoms with E-state index < -0.39 is 17.6 Å². The van der Waals surface area contributed by atoms with Crippen LogP contribution in [0, 0.1) is 0 Å². The molecular formula is C18H38O6S2Si2. The van der Waals surface area contributed by atoms with Crippen LogP contribution in [0.2, 0.25) is 0 Å². The molecular weight excluding hydrogens is 432 g/mol. The van der Waals surface area contributed by atoms with Crippen molar-refractivity contribution in [1.82, 2.24) is 0 Å². The number of rotatable bonds is 11. The Balaban J connectivity index is 2.37. The second kappa shape index (κ2) is 11.0. The minimum Gasteiger partial charge on any atom is -0.376 e. The molecule has 0 bridgehead atoms. The van der Waals surface area contributed by atoms with Crippen LogP contribution in [0.3, 0.4) is 0 Å². The van der Waals surface area contributed by atoms with Crippen molar-refractivity contribution in [2.24, 2.45) is 0 Å². The standard InChI is InChI=1S/C18H38O6S2Si2/c1-19-27(20-2,21-3)17(13-9-7-10-14-17)25-26-18(15-11-8-12-16-18)28(22-4,23-5)24-6/h7-16H2,1-6H3. The van der Waals surface area contributed by atoms with E-state index in [0.29, 0.717) is 0 Å². The number of hydrogen-bond acceptors (Lipinski definition) is 8. The Hall–Kier alpha value is 0.894. The Morgan fingerprint density at radius 2 is 0.714 bits per heavy atom. The van der Waals surface area contributed by atoms with Crippen LogP contribution in [0.5, 0.6) is 0 Å². The second-order valence-corrected chi connectivity index (χ2v) is 17.8. The normalized spacial score (nSPS) is 22.9. The van der Waals surface area contributed by atoms with Crippen LogP contribution in [0.4, 0.5) is 0 Å². The van der Waals surface area contributed by atoms with Gasteiger partial charge >= 0.3 is 17.6 Å². The topological polar surface area (TPSA) is 55.4 Å².